The fourth-order valence-electron chi connectivity index (χ4n) is 2.37. The maximum absolute atomic E-state index is 5.74. The molecule has 1 heterocycles. The molecule has 0 aliphatic carbocycles. The van der Waals surface area contributed by atoms with Crippen LogP contribution < -0.4 is 5.73 Å². The second-order valence-corrected chi connectivity index (χ2v) is 4.57. The molecule has 2 N–H and O–H groups in total. The highest BCUT2D eigenvalue weighted by molar-refractivity contribution is 4.74. The molecule has 1 fully saturated rings. The van der Waals surface area contributed by atoms with Crippen LogP contribution in [0, 0.1) is 5.92 Å². The molecule has 15 heavy (non-hydrogen) atoms. The van der Waals surface area contributed by atoms with Crippen LogP contribution in [0.1, 0.15) is 26.7 Å². The molecule has 1 aliphatic heterocycles. The van der Waals surface area contributed by atoms with Gasteiger partial charge >= 0.3 is 0 Å². The van der Waals surface area contributed by atoms with Gasteiger partial charge in [0.1, 0.15) is 0 Å². The summed E-state index contributed by atoms with van der Waals surface area (Å²) in [7, 11) is 0. The van der Waals surface area contributed by atoms with Gasteiger partial charge in [0.25, 0.3) is 0 Å². The summed E-state index contributed by atoms with van der Waals surface area (Å²) in [6.45, 7) is 12.6. The Balaban J connectivity index is 2.20. The van der Waals surface area contributed by atoms with E-state index in [1.165, 1.54) is 52.1 Å². The van der Waals surface area contributed by atoms with E-state index in [2.05, 4.69) is 23.6 Å². The van der Waals surface area contributed by atoms with Crippen molar-refractivity contribution >= 4 is 0 Å². The minimum absolute atomic E-state index is 0.746. The third-order valence-electron chi connectivity index (χ3n) is 3.56. The van der Waals surface area contributed by atoms with Crippen LogP contribution in [0.5, 0.6) is 0 Å². The molecular weight excluding hydrogens is 186 g/mol. The average molecular weight is 213 g/mol. The highest BCUT2D eigenvalue weighted by Gasteiger charge is 2.18. The number of hydrogen-bond acceptors (Lipinski definition) is 3. The first-order chi connectivity index (χ1) is 7.30. The minimum atomic E-state index is 0.746. The summed E-state index contributed by atoms with van der Waals surface area (Å²) in [4.78, 5) is 5.07. The van der Waals surface area contributed by atoms with Crippen molar-refractivity contribution in [3.63, 3.8) is 0 Å². The van der Waals surface area contributed by atoms with Gasteiger partial charge in [-0.05, 0) is 44.9 Å². The number of nitrogens with two attached hydrogens (primary N) is 1. The van der Waals surface area contributed by atoms with E-state index >= 15 is 0 Å². The summed E-state index contributed by atoms with van der Waals surface area (Å²) < 4.78 is 0. The minimum Gasteiger partial charge on any atom is -0.330 e. The molecule has 0 amide bonds. The normalized spacial score (nSPS) is 23.6. The Morgan fingerprint density at radius 3 is 2.67 bits per heavy atom. The maximum atomic E-state index is 5.74. The molecule has 0 radical (unpaired) electrons. The molecule has 0 saturated carbocycles. The number of hydrogen-bond donors (Lipinski definition) is 1. The molecule has 0 aromatic carbocycles. The van der Waals surface area contributed by atoms with Crippen LogP contribution in [0.25, 0.3) is 0 Å². The Morgan fingerprint density at radius 2 is 2.07 bits per heavy atom. The largest absolute Gasteiger partial charge is 0.330 e. The summed E-state index contributed by atoms with van der Waals surface area (Å²) in [5, 5.41) is 0. The molecule has 0 aromatic heterocycles. The zero-order valence-corrected chi connectivity index (χ0v) is 10.4. The SMILES string of the molecule is CCN(CC)CCN1CCCC(CN)C1. The molecule has 1 rings (SSSR count). The lowest BCUT2D eigenvalue weighted by Gasteiger charge is -2.33. The molecule has 3 heteroatoms. The number of nitrogens with zero attached hydrogens (tertiary/aromatic N) is 2. The standard InChI is InChI=1S/C12H27N3/c1-3-14(4-2)8-9-15-7-5-6-12(10-13)11-15/h12H,3-11,13H2,1-2H3. The van der Waals surface area contributed by atoms with E-state index < -0.39 is 0 Å². The lowest BCUT2D eigenvalue weighted by Crippen LogP contribution is -2.42. The van der Waals surface area contributed by atoms with Crippen LogP contribution >= 0.6 is 0 Å². The van der Waals surface area contributed by atoms with E-state index in [1.54, 1.807) is 0 Å². The second kappa shape index (κ2) is 7.20. The zero-order chi connectivity index (χ0) is 11.1. The first kappa shape index (κ1) is 12.9. The first-order valence-electron chi connectivity index (χ1n) is 6.44. The van der Waals surface area contributed by atoms with Crippen molar-refractivity contribution in [1.82, 2.24) is 9.80 Å². The van der Waals surface area contributed by atoms with Gasteiger partial charge < -0.3 is 15.5 Å². The number of piperidine rings is 1. The van der Waals surface area contributed by atoms with Crippen molar-refractivity contribution < 1.29 is 0 Å². The summed E-state index contributed by atoms with van der Waals surface area (Å²) in [5.41, 5.74) is 5.74. The molecule has 1 aliphatic rings. The highest BCUT2D eigenvalue weighted by Crippen LogP contribution is 2.14. The van der Waals surface area contributed by atoms with Crippen LogP contribution in [0.2, 0.25) is 0 Å². The maximum Gasteiger partial charge on any atom is 0.0109 e. The third kappa shape index (κ3) is 4.49. The molecule has 1 atom stereocenters. The number of rotatable bonds is 6. The topological polar surface area (TPSA) is 32.5 Å². The van der Waals surface area contributed by atoms with E-state index in [1.807, 2.05) is 0 Å². The third-order valence-corrected chi connectivity index (χ3v) is 3.56. The highest BCUT2D eigenvalue weighted by atomic mass is 15.2. The van der Waals surface area contributed by atoms with Gasteiger partial charge in [-0.15, -0.1) is 0 Å². The lowest BCUT2D eigenvalue weighted by atomic mass is 9.98. The molecular formula is C12H27N3. The number of likely N-dealkylation sites (tertiary alicyclic amines) is 1. The van der Waals surface area contributed by atoms with Crippen molar-refractivity contribution in [1.29, 1.82) is 0 Å². The predicted octanol–water partition coefficient (Wildman–Crippen LogP) is 0.999. The predicted molar refractivity (Wildman–Crippen MR) is 66.0 cm³/mol. The van der Waals surface area contributed by atoms with Crippen molar-refractivity contribution in [3.05, 3.63) is 0 Å². The van der Waals surface area contributed by atoms with Gasteiger partial charge in [-0.1, -0.05) is 13.8 Å². The van der Waals surface area contributed by atoms with E-state index in [4.69, 9.17) is 5.73 Å². The van der Waals surface area contributed by atoms with Gasteiger partial charge in [0.2, 0.25) is 0 Å². The molecule has 3 nitrogen and oxygen atoms in total. The van der Waals surface area contributed by atoms with Gasteiger partial charge in [-0.2, -0.15) is 0 Å². The van der Waals surface area contributed by atoms with Crippen molar-refractivity contribution in [3.8, 4) is 0 Å². The second-order valence-electron chi connectivity index (χ2n) is 4.57. The van der Waals surface area contributed by atoms with Crippen molar-refractivity contribution in [2.24, 2.45) is 11.7 Å². The van der Waals surface area contributed by atoms with Gasteiger partial charge in [0.05, 0.1) is 0 Å². The van der Waals surface area contributed by atoms with Crippen molar-refractivity contribution in [2.75, 3.05) is 45.8 Å². The average Bonchev–Trinajstić information content (AvgIpc) is 2.31. The summed E-state index contributed by atoms with van der Waals surface area (Å²) in [5.74, 6) is 0.746. The molecule has 0 spiro atoms. The molecule has 1 saturated heterocycles. The first-order valence-corrected chi connectivity index (χ1v) is 6.44. The Labute approximate surface area is 94.6 Å². The summed E-state index contributed by atoms with van der Waals surface area (Å²) in [6, 6.07) is 0. The van der Waals surface area contributed by atoms with E-state index in [9.17, 15) is 0 Å². The van der Waals surface area contributed by atoms with Gasteiger partial charge in [-0.3, -0.25) is 0 Å². The molecule has 1 unspecified atom stereocenters. The Morgan fingerprint density at radius 1 is 1.33 bits per heavy atom. The number of likely N-dealkylation sites (N-methyl/N-ethyl adjacent to an activating group) is 1. The van der Waals surface area contributed by atoms with Gasteiger partial charge in [0.15, 0.2) is 0 Å². The van der Waals surface area contributed by atoms with Crippen LogP contribution in [-0.4, -0.2) is 55.6 Å². The Kier molecular flexibility index (Phi) is 6.22. The quantitative estimate of drug-likeness (QED) is 0.714. The summed E-state index contributed by atoms with van der Waals surface area (Å²) in [6.07, 6.45) is 2.67. The Hall–Kier alpha value is -0.120. The Bertz CT molecular complexity index is 157. The zero-order valence-electron chi connectivity index (χ0n) is 10.4. The van der Waals surface area contributed by atoms with E-state index in [0.29, 0.717) is 0 Å². The smallest absolute Gasteiger partial charge is 0.0109 e. The van der Waals surface area contributed by atoms with Crippen LogP contribution in [0.3, 0.4) is 0 Å². The fourth-order valence-corrected chi connectivity index (χ4v) is 2.37. The fraction of sp³-hybridized carbons (Fsp3) is 1.00. The van der Waals surface area contributed by atoms with E-state index in [-0.39, 0.29) is 0 Å². The van der Waals surface area contributed by atoms with E-state index in [0.717, 1.165) is 12.5 Å². The molecule has 90 valence electrons. The van der Waals surface area contributed by atoms with Crippen molar-refractivity contribution in [2.45, 2.75) is 26.7 Å². The summed E-state index contributed by atoms with van der Waals surface area (Å²) >= 11 is 0. The van der Waals surface area contributed by atoms with Gasteiger partial charge in [0, 0.05) is 19.6 Å². The van der Waals surface area contributed by atoms with Gasteiger partial charge in [-0.25, -0.2) is 0 Å². The molecule has 0 bridgehead atoms. The van der Waals surface area contributed by atoms with Crippen LogP contribution in [0.15, 0.2) is 0 Å². The monoisotopic (exact) mass is 213 g/mol. The van der Waals surface area contributed by atoms with Crippen LogP contribution in [-0.2, 0) is 0 Å². The molecule has 0 aromatic rings. The van der Waals surface area contributed by atoms with Crippen LogP contribution in [0.4, 0.5) is 0 Å². The lowest BCUT2D eigenvalue weighted by molar-refractivity contribution is 0.154.